The highest BCUT2D eigenvalue weighted by atomic mass is 16.4. The van der Waals surface area contributed by atoms with Gasteiger partial charge in [-0.1, -0.05) is 6.92 Å². The summed E-state index contributed by atoms with van der Waals surface area (Å²) in [6, 6.07) is 4.56. The number of aliphatic hydroxyl groups is 1. The fourth-order valence-corrected chi connectivity index (χ4v) is 1.73. The summed E-state index contributed by atoms with van der Waals surface area (Å²) in [7, 11) is 0. The van der Waals surface area contributed by atoms with Gasteiger partial charge in [0.25, 0.3) is 0 Å². The smallest absolute Gasteiger partial charge is 0.129 e. The zero-order valence-corrected chi connectivity index (χ0v) is 8.57. The predicted octanol–water partition coefficient (Wildman–Crippen LogP) is 1.76. The topological polar surface area (TPSA) is 36.6 Å². The first-order chi connectivity index (χ1) is 6.83. The number of aliphatic hydroxyl groups excluding tert-OH is 1. The van der Waals surface area contributed by atoms with Crippen molar-refractivity contribution in [3.63, 3.8) is 0 Å². The van der Waals surface area contributed by atoms with E-state index in [1.165, 1.54) is 12.8 Å². The summed E-state index contributed by atoms with van der Waals surface area (Å²) >= 11 is 0. The molecule has 0 saturated heterocycles. The van der Waals surface area contributed by atoms with Crippen LogP contribution in [0.25, 0.3) is 0 Å². The third-order valence-electron chi connectivity index (χ3n) is 2.70. The van der Waals surface area contributed by atoms with Crippen LogP contribution in [-0.2, 0) is 13.2 Å². The van der Waals surface area contributed by atoms with Gasteiger partial charge in [-0.3, -0.25) is 4.90 Å². The summed E-state index contributed by atoms with van der Waals surface area (Å²) in [5, 5.41) is 8.86. The lowest BCUT2D eigenvalue weighted by atomic mass is 10.3. The Morgan fingerprint density at radius 1 is 1.43 bits per heavy atom. The zero-order chi connectivity index (χ0) is 9.97. The lowest BCUT2D eigenvalue weighted by Gasteiger charge is -2.17. The molecule has 0 aliphatic heterocycles. The molecular weight excluding hydrogens is 178 g/mol. The largest absolute Gasteiger partial charge is 0.462 e. The second-order valence-corrected chi connectivity index (χ2v) is 3.82. The van der Waals surface area contributed by atoms with E-state index in [0.29, 0.717) is 5.76 Å². The van der Waals surface area contributed by atoms with Crippen LogP contribution in [0.15, 0.2) is 16.5 Å². The Morgan fingerprint density at radius 3 is 2.64 bits per heavy atom. The van der Waals surface area contributed by atoms with Crippen molar-refractivity contribution in [3.8, 4) is 0 Å². The van der Waals surface area contributed by atoms with Crippen LogP contribution in [0, 0.1) is 0 Å². The van der Waals surface area contributed by atoms with Gasteiger partial charge in [0.1, 0.15) is 18.1 Å². The van der Waals surface area contributed by atoms with Crippen molar-refractivity contribution in [2.24, 2.45) is 0 Å². The van der Waals surface area contributed by atoms with Crippen molar-refractivity contribution < 1.29 is 9.52 Å². The van der Waals surface area contributed by atoms with E-state index >= 15 is 0 Å². The molecule has 1 heterocycles. The lowest BCUT2D eigenvalue weighted by Crippen LogP contribution is -2.24. The molecule has 1 fully saturated rings. The average Bonchev–Trinajstić information content (AvgIpc) is 2.95. The molecule has 0 atom stereocenters. The highest BCUT2D eigenvalue weighted by Gasteiger charge is 2.28. The minimum Gasteiger partial charge on any atom is -0.462 e. The Balaban J connectivity index is 1.94. The molecule has 78 valence electrons. The van der Waals surface area contributed by atoms with Gasteiger partial charge in [0.2, 0.25) is 0 Å². The lowest BCUT2D eigenvalue weighted by molar-refractivity contribution is 0.219. The van der Waals surface area contributed by atoms with Gasteiger partial charge < -0.3 is 9.52 Å². The van der Waals surface area contributed by atoms with E-state index in [2.05, 4.69) is 11.8 Å². The molecule has 0 aromatic carbocycles. The molecule has 3 heteroatoms. The molecule has 2 rings (SSSR count). The van der Waals surface area contributed by atoms with Gasteiger partial charge in [0.05, 0.1) is 6.54 Å². The van der Waals surface area contributed by atoms with E-state index in [0.717, 1.165) is 24.9 Å². The van der Waals surface area contributed by atoms with E-state index in [1.54, 1.807) is 0 Å². The van der Waals surface area contributed by atoms with E-state index in [1.807, 2.05) is 12.1 Å². The number of furan rings is 1. The van der Waals surface area contributed by atoms with Crippen LogP contribution in [0.3, 0.4) is 0 Å². The molecule has 0 radical (unpaired) electrons. The van der Waals surface area contributed by atoms with Crippen molar-refractivity contribution in [2.45, 2.75) is 39.0 Å². The fraction of sp³-hybridized carbons (Fsp3) is 0.636. The number of hydrogen-bond acceptors (Lipinski definition) is 3. The first-order valence-electron chi connectivity index (χ1n) is 5.26. The first-order valence-corrected chi connectivity index (χ1v) is 5.26. The van der Waals surface area contributed by atoms with E-state index in [9.17, 15) is 0 Å². The molecule has 0 spiro atoms. The Hall–Kier alpha value is -0.800. The molecule has 1 aliphatic rings. The average molecular weight is 195 g/mol. The van der Waals surface area contributed by atoms with E-state index in [-0.39, 0.29) is 6.61 Å². The summed E-state index contributed by atoms with van der Waals surface area (Å²) in [5.41, 5.74) is 0. The van der Waals surface area contributed by atoms with Crippen molar-refractivity contribution in [3.05, 3.63) is 23.7 Å². The van der Waals surface area contributed by atoms with Crippen molar-refractivity contribution in [2.75, 3.05) is 6.54 Å². The highest BCUT2D eigenvalue weighted by Crippen LogP contribution is 2.28. The number of rotatable bonds is 5. The number of hydrogen-bond donors (Lipinski definition) is 1. The third kappa shape index (κ3) is 2.16. The molecule has 14 heavy (non-hydrogen) atoms. The van der Waals surface area contributed by atoms with Gasteiger partial charge in [-0.2, -0.15) is 0 Å². The molecule has 1 saturated carbocycles. The summed E-state index contributed by atoms with van der Waals surface area (Å²) in [5.74, 6) is 1.62. The highest BCUT2D eigenvalue weighted by molar-refractivity contribution is 5.06. The van der Waals surface area contributed by atoms with Gasteiger partial charge in [-0.25, -0.2) is 0 Å². The standard InChI is InChI=1S/C11H17NO2/c1-2-12(9-3-4-9)7-10-5-6-11(8-13)14-10/h5-6,9,13H,2-4,7-8H2,1H3. The quantitative estimate of drug-likeness (QED) is 0.777. The van der Waals surface area contributed by atoms with Gasteiger partial charge in [0.15, 0.2) is 0 Å². The molecule has 1 aliphatic carbocycles. The minimum absolute atomic E-state index is 0.00441. The Labute approximate surface area is 84.3 Å². The van der Waals surface area contributed by atoms with Crippen molar-refractivity contribution in [1.82, 2.24) is 4.90 Å². The summed E-state index contributed by atoms with van der Waals surface area (Å²) in [6.45, 7) is 4.12. The molecular formula is C11H17NO2. The van der Waals surface area contributed by atoms with Crippen LogP contribution < -0.4 is 0 Å². The Morgan fingerprint density at radius 2 is 2.14 bits per heavy atom. The monoisotopic (exact) mass is 195 g/mol. The van der Waals surface area contributed by atoms with Crippen LogP contribution in [-0.4, -0.2) is 22.6 Å². The molecule has 1 aromatic rings. The van der Waals surface area contributed by atoms with Crippen LogP contribution in [0.1, 0.15) is 31.3 Å². The predicted molar refractivity (Wildman–Crippen MR) is 53.7 cm³/mol. The second kappa shape index (κ2) is 4.15. The number of nitrogens with zero attached hydrogens (tertiary/aromatic N) is 1. The molecule has 3 nitrogen and oxygen atoms in total. The Bertz CT molecular complexity index is 291. The summed E-state index contributed by atoms with van der Waals surface area (Å²) < 4.78 is 5.45. The minimum atomic E-state index is -0.00441. The van der Waals surface area contributed by atoms with Crippen LogP contribution in [0.5, 0.6) is 0 Å². The van der Waals surface area contributed by atoms with Crippen LogP contribution >= 0.6 is 0 Å². The van der Waals surface area contributed by atoms with Gasteiger partial charge >= 0.3 is 0 Å². The molecule has 1 aromatic heterocycles. The normalized spacial score (nSPS) is 16.5. The fourth-order valence-electron chi connectivity index (χ4n) is 1.73. The van der Waals surface area contributed by atoms with Gasteiger partial charge in [0, 0.05) is 6.04 Å². The van der Waals surface area contributed by atoms with E-state index < -0.39 is 0 Å². The van der Waals surface area contributed by atoms with Crippen LogP contribution in [0.4, 0.5) is 0 Å². The molecule has 0 amide bonds. The SMILES string of the molecule is CCN(Cc1ccc(CO)o1)C1CC1. The maximum absolute atomic E-state index is 8.86. The second-order valence-electron chi connectivity index (χ2n) is 3.82. The van der Waals surface area contributed by atoms with Gasteiger partial charge in [-0.05, 0) is 31.5 Å². The zero-order valence-electron chi connectivity index (χ0n) is 8.57. The first kappa shape index (κ1) is 9.74. The van der Waals surface area contributed by atoms with Crippen LogP contribution in [0.2, 0.25) is 0 Å². The van der Waals surface area contributed by atoms with Crippen molar-refractivity contribution in [1.29, 1.82) is 0 Å². The third-order valence-corrected chi connectivity index (χ3v) is 2.70. The molecule has 1 N–H and O–H groups in total. The molecule has 0 bridgehead atoms. The van der Waals surface area contributed by atoms with E-state index in [4.69, 9.17) is 9.52 Å². The van der Waals surface area contributed by atoms with Crippen molar-refractivity contribution >= 4 is 0 Å². The maximum atomic E-state index is 8.86. The molecule has 0 unspecified atom stereocenters. The summed E-state index contributed by atoms with van der Waals surface area (Å²) in [6.07, 6.45) is 2.64. The Kier molecular flexibility index (Phi) is 2.89. The summed E-state index contributed by atoms with van der Waals surface area (Å²) in [4.78, 5) is 2.42. The maximum Gasteiger partial charge on any atom is 0.129 e. The van der Waals surface area contributed by atoms with Gasteiger partial charge in [-0.15, -0.1) is 0 Å².